The fourth-order valence-electron chi connectivity index (χ4n) is 2.45. The summed E-state index contributed by atoms with van der Waals surface area (Å²) in [6.45, 7) is 4.51. The van der Waals surface area contributed by atoms with E-state index in [1.807, 2.05) is 13.0 Å². The molecule has 0 bridgehead atoms. The zero-order valence-electron chi connectivity index (χ0n) is 10.1. The molecule has 0 unspecified atom stereocenters. The molecule has 1 aliphatic heterocycles. The zero-order valence-corrected chi connectivity index (χ0v) is 10.1. The van der Waals surface area contributed by atoms with Crippen LogP contribution in [0.3, 0.4) is 0 Å². The van der Waals surface area contributed by atoms with Gasteiger partial charge in [-0.3, -0.25) is 0 Å². The molecule has 3 nitrogen and oxygen atoms in total. The van der Waals surface area contributed by atoms with E-state index in [1.165, 1.54) is 11.3 Å². The molecule has 1 aromatic rings. The Morgan fingerprint density at radius 3 is 3.00 bits per heavy atom. The van der Waals surface area contributed by atoms with Crippen LogP contribution in [0.15, 0.2) is 18.2 Å². The van der Waals surface area contributed by atoms with Crippen molar-refractivity contribution < 1.29 is 4.74 Å². The molecular weight excluding hydrogens is 200 g/mol. The van der Waals surface area contributed by atoms with Crippen LogP contribution in [0.2, 0.25) is 0 Å². The first-order chi connectivity index (χ1) is 7.76. The SMILES string of the molecule is CCOc1cccc2c1N(C)C[C@@H](CN)C2. The number of nitrogens with two attached hydrogens (primary N) is 1. The third kappa shape index (κ3) is 2.00. The van der Waals surface area contributed by atoms with Gasteiger partial charge in [-0.2, -0.15) is 0 Å². The zero-order chi connectivity index (χ0) is 11.5. The van der Waals surface area contributed by atoms with Crippen molar-refractivity contribution in [3.05, 3.63) is 23.8 Å². The Morgan fingerprint density at radius 2 is 2.31 bits per heavy atom. The Hall–Kier alpha value is -1.22. The van der Waals surface area contributed by atoms with Gasteiger partial charge in [0.15, 0.2) is 0 Å². The maximum Gasteiger partial charge on any atom is 0.142 e. The van der Waals surface area contributed by atoms with Crippen LogP contribution >= 0.6 is 0 Å². The van der Waals surface area contributed by atoms with Gasteiger partial charge >= 0.3 is 0 Å². The predicted molar refractivity (Wildman–Crippen MR) is 67.1 cm³/mol. The minimum Gasteiger partial charge on any atom is -0.492 e. The molecule has 2 rings (SSSR count). The van der Waals surface area contributed by atoms with Crippen LogP contribution in [0.25, 0.3) is 0 Å². The summed E-state index contributed by atoms with van der Waals surface area (Å²) in [4.78, 5) is 2.27. The second-order valence-corrected chi connectivity index (χ2v) is 4.38. The molecule has 88 valence electrons. The molecule has 1 aromatic carbocycles. The van der Waals surface area contributed by atoms with Crippen molar-refractivity contribution in [2.75, 3.05) is 31.6 Å². The minimum atomic E-state index is 0.564. The highest BCUT2D eigenvalue weighted by Gasteiger charge is 2.23. The molecule has 0 aromatic heterocycles. The second kappa shape index (κ2) is 4.74. The molecule has 0 radical (unpaired) electrons. The number of hydrogen-bond donors (Lipinski definition) is 1. The molecule has 16 heavy (non-hydrogen) atoms. The quantitative estimate of drug-likeness (QED) is 0.842. The lowest BCUT2D eigenvalue weighted by Gasteiger charge is -2.34. The molecule has 0 spiro atoms. The molecule has 0 saturated carbocycles. The van der Waals surface area contributed by atoms with E-state index in [9.17, 15) is 0 Å². The van der Waals surface area contributed by atoms with E-state index < -0.39 is 0 Å². The Labute approximate surface area is 97.2 Å². The van der Waals surface area contributed by atoms with Crippen LogP contribution in [-0.4, -0.2) is 26.7 Å². The third-order valence-electron chi connectivity index (χ3n) is 3.14. The second-order valence-electron chi connectivity index (χ2n) is 4.38. The molecule has 1 atom stereocenters. The van der Waals surface area contributed by atoms with Crippen molar-refractivity contribution in [1.82, 2.24) is 0 Å². The van der Waals surface area contributed by atoms with Gasteiger partial charge in [-0.05, 0) is 37.4 Å². The molecule has 0 amide bonds. The summed E-state index contributed by atoms with van der Waals surface area (Å²) in [5, 5.41) is 0. The molecule has 2 N–H and O–H groups in total. The van der Waals surface area contributed by atoms with E-state index in [0.717, 1.165) is 25.3 Å². The van der Waals surface area contributed by atoms with Gasteiger partial charge in [-0.25, -0.2) is 0 Å². The average Bonchev–Trinajstić information content (AvgIpc) is 2.29. The maximum atomic E-state index is 5.76. The number of ether oxygens (including phenoxy) is 1. The molecule has 3 heteroatoms. The van der Waals surface area contributed by atoms with Crippen molar-refractivity contribution in [2.45, 2.75) is 13.3 Å². The third-order valence-corrected chi connectivity index (χ3v) is 3.14. The highest BCUT2D eigenvalue weighted by atomic mass is 16.5. The molecule has 1 heterocycles. The van der Waals surface area contributed by atoms with Crippen LogP contribution in [-0.2, 0) is 6.42 Å². The number of benzene rings is 1. The lowest BCUT2D eigenvalue weighted by atomic mass is 9.92. The maximum absolute atomic E-state index is 5.76. The number of para-hydroxylation sites is 1. The fraction of sp³-hybridized carbons (Fsp3) is 0.538. The first-order valence-electron chi connectivity index (χ1n) is 5.92. The summed E-state index contributed by atoms with van der Waals surface area (Å²) in [7, 11) is 2.11. The van der Waals surface area contributed by atoms with Gasteiger partial charge in [0, 0.05) is 13.6 Å². The van der Waals surface area contributed by atoms with Gasteiger partial charge in [-0.1, -0.05) is 12.1 Å². The summed E-state index contributed by atoms with van der Waals surface area (Å²) in [6.07, 6.45) is 1.07. The van der Waals surface area contributed by atoms with Crippen LogP contribution in [0, 0.1) is 5.92 Å². The van der Waals surface area contributed by atoms with Crippen LogP contribution in [0.5, 0.6) is 5.75 Å². The topological polar surface area (TPSA) is 38.5 Å². The number of rotatable bonds is 3. The summed E-state index contributed by atoms with van der Waals surface area (Å²) < 4.78 is 5.67. The van der Waals surface area contributed by atoms with E-state index in [-0.39, 0.29) is 0 Å². The average molecular weight is 220 g/mol. The summed E-state index contributed by atoms with van der Waals surface area (Å²) >= 11 is 0. The van der Waals surface area contributed by atoms with Crippen molar-refractivity contribution in [1.29, 1.82) is 0 Å². The number of nitrogens with zero attached hydrogens (tertiary/aromatic N) is 1. The lowest BCUT2D eigenvalue weighted by Crippen LogP contribution is -2.36. The van der Waals surface area contributed by atoms with E-state index in [4.69, 9.17) is 10.5 Å². The summed E-state index contributed by atoms with van der Waals surface area (Å²) in [5.41, 5.74) is 8.36. The smallest absolute Gasteiger partial charge is 0.142 e. The van der Waals surface area contributed by atoms with Crippen molar-refractivity contribution in [3.63, 3.8) is 0 Å². The van der Waals surface area contributed by atoms with Gasteiger partial charge in [0.2, 0.25) is 0 Å². The largest absolute Gasteiger partial charge is 0.492 e. The monoisotopic (exact) mass is 220 g/mol. The summed E-state index contributed by atoms with van der Waals surface area (Å²) in [5.74, 6) is 1.56. The highest BCUT2D eigenvalue weighted by molar-refractivity contribution is 5.65. The minimum absolute atomic E-state index is 0.564. The van der Waals surface area contributed by atoms with Crippen LogP contribution in [0.4, 0.5) is 5.69 Å². The normalized spacial score (nSPS) is 19.4. The molecule has 0 aliphatic carbocycles. The predicted octanol–water partition coefficient (Wildman–Crippen LogP) is 1.65. The first kappa shape index (κ1) is 11.3. The first-order valence-corrected chi connectivity index (χ1v) is 5.92. The van der Waals surface area contributed by atoms with E-state index in [0.29, 0.717) is 12.5 Å². The van der Waals surface area contributed by atoms with Gasteiger partial charge in [0.1, 0.15) is 5.75 Å². The standard InChI is InChI=1S/C13H20N2O/c1-3-16-12-6-4-5-11-7-10(8-14)9-15(2)13(11)12/h4-6,10H,3,7-9,14H2,1-2H3/t10-/m1/s1. The number of anilines is 1. The molecule has 1 aliphatic rings. The lowest BCUT2D eigenvalue weighted by molar-refractivity contribution is 0.338. The molecule has 0 fully saturated rings. The fourth-order valence-corrected chi connectivity index (χ4v) is 2.45. The molecule has 0 saturated heterocycles. The van der Waals surface area contributed by atoms with Crippen LogP contribution < -0.4 is 15.4 Å². The Bertz CT molecular complexity index is 365. The van der Waals surface area contributed by atoms with Gasteiger partial charge in [0.05, 0.1) is 12.3 Å². The van der Waals surface area contributed by atoms with E-state index in [2.05, 4.69) is 24.1 Å². The van der Waals surface area contributed by atoms with Gasteiger partial charge in [0.25, 0.3) is 0 Å². The Kier molecular flexibility index (Phi) is 3.34. The van der Waals surface area contributed by atoms with E-state index in [1.54, 1.807) is 0 Å². The van der Waals surface area contributed by atoms with Gasteiger partial charge in [-0.15, -0.1) is 0 Å². The number of fused-ring (bicyclic) bond motifs is 1. The van der Waals surface area contributed by atoms with Crippen molar-refractivity contribution in [2.24, 2.45) is 11.7 Å². The number of hydrogen-bond acceptors (Lipinski definition) is 3. The molecular formula is C13H20N2O. The van der Waals surface area contributed by atoms with Gasteiger partial charge < -0.3 is 15.4 Å². The van der Waals surface area contributed by atoms with Crippen molar-refractivity contribution >= 4 is 5.69 Å². The van der Waals surface area contributed by atoms with Crippen molar-refractivity contribution in [3.8, 4) is 5.75 Å². The summed E-state index contributed by atoms with van der Waals surface area (Å²) in [6, 6.07) is 6.29. The Morgan fingerprint density at radius 1 is 1.50 bits per heavy atom. The van der Waals surface area contributed by atoms with E-state index >= 15 is 0 Å². The Balaban J connectivity index is 2.35. The van der Waals surface area contributed by atoms with Crippen LogP contribution in [0.1, 0.15) is 12.5 Å². The highest BCUT2D eigenvalue weighted by Crippen LogP contribution is 2.36.